The summed E-state index contributed by atoms with van der Waals surface area (Å²) in [5.74, 6) is 1.05. The zero-order chi connectivity index (χ0) is 27.2. The summed E-state index contributed by atoms with van der Waals surface area (Å²) in [4.78, 5) is 20.2. The topological polar surface area (TPSA) is 54.7 Å². The fraction of sp³-hybridized carbons (Fsp3) is 0.786. The first-order valence-electron chi connectivity index (χ1n) is 13.9. The molecule has 4 rings (SSSR count). The van der Waals surface area contributed by atoms with Crippen molar-refractivity contribution in [3.63, 3.8) is 0 Å². The molecule has 1 amide bonds. The number of rotatable bonds is 6. The van der Waals surface area contributed by atoms with Crippen LogP contribution in [0.25, 0.3) is 0 Å². The third-order valence-corrected chi connectivity index (χ3v) is 7.98. The van der Waals surface area contributed by atoms with Crippen molar-refractivity contribution in [1.82, 2.24) is 10.2 Å². The molecule has 6 nitrogen and oxygen atoms in total. The number of nitrogens with zero attached hydrogens (tertiary/aromatic N) is 2. The number of pyridine rings is 1. The molecule has 0 bridgehead atoms. The van der Waals surface area contributed by atoms with Gasteiger partial charge in [-0.3, -0.25) is 9.63 Å². The van der Waals surface area contributed by atoms with Gasteiger partial charge in [0.15, 0.2) is 0 Å². The Morgan fingerprint density at radius 2 is 1.92 bits per heavy atom. The summed E-state index contributed by atoms with van der Waals surface area (Å²) >= 11 is 0. The van der Waals surface area contributed by atoms with Crippen LogP contribution in [0.15, 0.2) is 12.3 Å². The van der Waals surface area contributed by atoms with E-state index in [-0.39, 0.29) is 18.4 Å². The Bertz CT molecular complexity index is 893. The van der Waals surface area contributed by atoms with Crippen LogP contribution in [0.5, 0.6) is 0 Å². The van der Waals surface area contributed by atoms with Gasteiger partial charge < -0.3 is 15.0 Å². The standard InChI is InChI=1S/C25H37F3N3O3.C3H8/c1-16-5-4-6-18(15-33-2)23(16)29-21-8-7-17(12-21)24(32)30-10-9-22-19(13-30)11-20(25(26,27)28)14-31(22)34-3;1-3-2/h11,14,16-18,21,23,29H,4-10,12-13,15H2,1-3H3;3H2,1-2H3/q+1;. The second kappa shape index (κ2) is 13.3. The summed E-state index contributed by atoms with van der Waals surface area (Å²) < 4.78 is 46.7. The summed E-state index contributed by atoms with van der Waals surface area (Å²) in [5.41, 5.74) is 0.433. The van der Waals surface area contributed by atoms with E-state index in [1.165, 1.54) is 37.5 Å². The molecule has 3 aliphatic rings. The fourth-order valence-corrected chi connectivity index (χ4v) is 6.21. The van der Waals surface area contributed by atoms with Crippen LogP contribution in [0.1, 0.15) is 82.5 Å². The quantitative estimate of drug-likeness (QED) is 0.550. The highest BCUT2D eigenvalue weighted by Gasteiger charge is 2.41. The molecule has 2 aliphatic carbocycles. The molecule has 2 heterocycles. The molecule has 2 fully saturated rings. The lowest BCUT2D eigenvalue weighted by atomic mass is 9.77. The van der Waals surface area contributed by atoms with Crippen molar-refractivity contribution in [1.29, 1.82) is 0 Å². The Morgan fingerprint density at radius 1 is 1.19 bits per heavy atom. The number of hydrogen-bond donors (Lipinski definition) is 1. The maximum absolute atomic E-state index is 13.4. The van der Waals surface area contributed by atoms with Crippen LogP contribution in [0.2, 0.25) is 0 Å². The van der Waals surface area contributed by atoms with Crippen LogP contribution in [-0.4, -0.2) is 50.3 Å². The summed E-state index contributed by atoms with van der Waals surface area (Å²) in [6, 6.07) is 1.85. The van der Waals surface area contributed by atoms with E-state index in [9.17, 15) is 18.0 Å². The zero-order valence-electron chi connectivity index (χ0n) is 23.1. The van der Waals surface area contributed by atoms with Crippen molar-refractivity contribution < 1.29 is 32.3 Å². The lowest BCUT2D eigenvalue weighted by Gasteiger charge is -2.38. The van der Waals surface area contributed by atoms with E-state index in [1.54, 1.807) is 12.0 Å². The van der Waals surface area contributed by atoms with Gasteiger partial charge in [0.05, 0.1) is 19.6 Å². The average Bonchev–Trinajstić information content (AvgIpc) is 3.33. The number of ether oxygens (including phenoxy) is 1. The Balaban J connectivity index is 0.00000121. The van der Waals surface area contributed by atoms with Crippen LogP contribution in [0, 0.1) is 17.8 Å². The molecule has 0 spiro atoms. The van der Waals surface area contributed by atoms with Crippen molar-refractivity contribution in [2.45, 2.75) is 96.9 Å². The molecule has 210 valence electrons. The molecule has 5 atom stereocenters. The van der Waals surface area contributed by atoms with E-state index < -0.39 is 11.7 Å². The van der Waals surface area contributed by atoms with E-state index in [0.717, 1.165) is 38.1 Å². The van der Waals surface area contributed by atoms with Crippen molar-refractivity contribution in [3.8, 4) is 0 Å². The summed E-state index contributed by atoms with van der Waals surface area (Å²) in [5, 5.41) is 3.85. The number of nitrogens with one attached hydrogen (secondary N) is 1. The highest BCUT2D eigenvalue weighted by molar-refractivity contribution is 5.79. The summed E-state index contributed by atoms with van der Waals surface area (Å²) in [7, 11) is 3.11. The van der Waals surface area contributed by atoms with Gasteiger partial charge in [-0.2, -0.15) is 13.2 Å². The van der Waals surface area contributed by atoms with Gasteiger partial charge in [-0.05, 0) is 50.0 Å². The molecule has 0 radical (unpaired) electrons. The van der Waals surface area contributed by atoms with Crippen molar-refractivity contribution in [2.24, 2.45) is 17.8 Å². The minimum Gasteiger partial charge on any atom is -0.384 e. The molecule has 5 unspecified atom stereocenters. The number of methoxy groups -OCH3 is 1. The zero-order valence-corrected chi connectivity index (χ0v) is 23.1. The predicted octanol–water partition coefficient (Wildman–Crippen LogP) is 4.56. The largest absolute Gasteiger partial charge is 0.422 e. The van der Waals surface area contributed by atoms with E-state index in [0.29, 0.717) is 48.1 Å². The molecular weight excluding hydrogens is 483 g/mol. The molecule has 0 saturated heterocycles. The van der Waals surface area contributed by atoms with Gasteiger partial charge in [0, 0.05) is 42.0 Å². The number of hydrogen-bond acceptors (Lipinski definition) is 4. The van der Waals surface area contributed by atoms with Gasteiger partial charge in [0.1, 0.15) is 12.7 Å². The van der Waals surface area contributed by atoms with Crippen molar-refractivity contribution >= 4 is 5.91 Å². The molecule has 1 aromatic rings. The predicted molar refractivity (Wildman–Crippen MR) is 136 cm³/mol. The lowest BCUT2D eigenvalue weighted by Crippen LogP contribution is -2.51. The maximum Gasteiger partial charge on any atom is 0.422 e. The van der Waals surface area contributed by atoms with Gasteiger partial charge in [-0.25, -0.2) is 0 Å². The molecule has 37 heavy (non-hydrogen) atoms. The molecule has 2 saturated carbocycles. The van der Waals surface area contributed by atoms with Crippen molar-refractivity contribution in [3.05, 3.63) is 29.1 Å². The average molecular weight is 529 g/mol. The molecule has 1 N–H and O–H groups in total. The van der Waals surface area contributed by atoms with Crippen LogP contribution in [0.3, 0.4) is 0 Å². The Hall–Kier alpha value is -1.87. The first-order valence-corrected chi connectivity index (χ1v) is 13.9. The number of carbonyl (C=O) groups is 1. The molecule has 1 aliphatic heterocycles. The number of carbonyl (C=O) groups excluding carboxylic acids is 1. The molecular formula is C28H45F3N3O3+. The van der Waals surface area contributed by atoms with Crippen LogP contribution in [-0.2, 0) is 28.7 Å². The van der Waals surface area contributed by atoms with E-state index in [1.807, 2.05) is 0 Å². The number of halogens is 3. The fourth-order valence-electron chi connectivity index (χ4n) is 6.21. The van der Waals surface area contributed by atoms with Gasteiger partial charge in [0.25, 0.3) is 0 Å². The van der Waals surface area contributed by atoms with Gasteiger partial charge >= 0.3 is 6.18 Å². The first kappa shape index (κ1) is 29.7. The van der Waals surface area contributed by atoms with Crippen LogP contribution >= 0.6 is 0 Å². The van der Waals surface area contributed by atoms with Crippen molar-refractivity contribution in [2.75, 3.05) is 27.4 Å². The van der Waals surface area contributed by atoms with Crippen LogP contribution in [0.4, 0.5) is 13.2 Å². The third kappa shape index (κ3) is 7.37. The highest BCUT2D eigenvalue weighted by Crippen LogP contribution is 2.35. The van der Waals surface area contributed by atoms with Gasteiger partial charge in [0.2, 0.25) is 17.8 Å². The number of aromatic nitrogens is 1. The summed E-state index contributed by atoms with van der Waals surface area (Å²) in [6.07, 6.45) is 4.39. The number of fused-ring (bicyclic) bond motifs is 1. The molecule has 1 aromatic heterocycles. The lowest BCUT2D eigenvalue weighted by molar-refractivity contribution is -0.891. The third-order valence-electron chi connectivity index (χ3n) is 7.98. The normalized spacial score (nSPS) is 27.8. The van der Waals surface area contributed by atoms with Gasteiger partial charge in [-0.15, -0.1) is 0 Å². The minimum atomic E-state index is -4.47. The van der Waals surface area contributed by atoms with E-state index in [4.69, 9.17) is 9.57 Å². The first-order chi connectivity index (χ1) is 17.6. The number of alkyl halides is 3. The SMILES string of the molecule is CCC.COCC1CCCC(C)C1NC1CCC(C(=O)N2CCc3c(cc(C(F)(F)F)c[n+]3OC)C2)C1. The highest BCUT2D eigenvalue weighted by atomic mass is 19.4. The second-order valence-electron chi connectivity index (χ2n) is 10.9. The van der Waals surface area contributed by atoms with Gasteiger partial charge in [-0.1, -0.05) is 33.6 Å². The Labute approximate surface area is 219 Å². The van der Waals surface area contributed by atoms with E-state index in [2.05, 4.69) is 26.1 Å². The Kier molecular flexibility index (Phi) is 10.6. The molecule has 0 aromatic carbocycles. The second-order valence-corrected chi connectivity index (χ2v) is 10.9. The monoisotopic (exact) mass is 528 g/mol. The minimum absolute atomic E-state index is 0.0569. The van der Waals surface area contributed by atoms with E-state index >= 15 is 0 Å². The van der Waals surface area contributed by atoms with Crippen LogP contribution < -0.4 is 14.9 Å². The number of amides is 1. The maximum atomic E-state index is 13.4. The molecule has 9 heteroatoms. The smallest absolute Gasteiger partial charge is 0.384 e. The summed E-state index contributed by atoms with van der Waals surface area (Å²) in [6.45, 7) is 7.98. The Morgan fingerprint density at radius 3 is 2.57 bits per heavy atom.